The molecule has 1 rings (SSSR count). The highest BCUT2D eigenvalue weighted by Crippen LogP contribution is 2.36. The van der Waals surface area contributed by atoms with Crippen LogP contribution in [0.3, 0.4) is 0 Å². The molecule has 0 saturated carbocycles. The number of aromatic carboxylic acids is 1. The first-order valence-electron chi connectivity index (χ1n) is 6.09. The molecule has 3 nitrogen and oxygen atoms in total. The van der Waals surface area contributed by atoms with Crippen molar-refractivity contribution in [1.29, 1.82) is 0 Å². The zero-order chi connectivity index (χ0) is 14.0. The minimum Gasteiger partial charge on any atom is -0.477 e. The molecule has 0 unspecified atom stereocenters. The normalized spacial score (nSPS) is 12.7. The van der Waals surface area contributed by atoms with Gasteiger partial charge in [0.15, 0.2) is 8.32 Å². The Morgan fingerprint density at radius 3 is 2.44 bits per heavy atom. The van der Waals surface area contributed by atoms with E-state index in [1.165, 1.54) is 11.3 Å². The molecule has 102 valence electrons. The Kier molecular flexibility index (Phi) is 4.75. The molecule has 1 aromatic rings. The van der Waals surface area contributed by atoms with E-state index in [2.05, 4.69) is 33.9 Å². The molecule has 1 N–H and O–H groups in total. The van der Waals surface area contributed by atoms with Gasteiger partial charge < -0.3 is 9.53 Å². The monoisotopic (exact) mass is 286 g/mol. The molecule has 0 fully saturated rings. The van der Waals surface area contributed by atoms with E-state index >= 15 is 0 Å². The van der Waals surface area contributed by atoms with E-state index in [0.717, 1.165) is 11.3 Å². The summed E-state index contributed by atoms with van der Waals surface area (Å²) in [6, 6.07) is 3.54. The molecule has 0 aliphatic carbocycles. The Morgan fingerprint density at radius 2 is 2.00 bits per heavy atom. The Labute approximate surface area is 114 Å². The van der Waals surface area contributed by atoms with Crippen LogP contribution in [-0.2, 0) is 10.8 Å². The lowest BCUT2D eigenvalue weighted by atomic mass is 10.2. The Bertz CT molecular complexity index is 418. The summed E-state index contributed by atoms with van der Waals surface area (Å²) in [5.74, 6) is -0.850. The molecular formula is C13H22O3SSi. The van der Waals surface area contributed by atoms with Gasteiger partial charge >= 0.3 is 5.97 Å². The van der Waals surface area contributed by atoms with E-state index in [9.17, 15) is 4.79 Å². The minimum atomic E-state index is -1.69. The molecule has 0 aliphatic heterocycles. The highest BCUT2D eigenvalue weighted by atomic mass is 32.1. The van der Waals surface area contributed by atoms with Gasteiger partial charge in [0.25, 0.3) is 0 Å². The second-order valence-electron chi connectivity index (χ2n) is 5.93. The summed E-state index contributed by atoms with van der Waals surface area (Å²) >= 11 is 1.33. The van der Waals surface area contributed by atoms with Crippen LogP contribution in [0, 0.1) is 0 Å². The van der Waals surface area contributed by atoms with Gasteiger partial charge in [-0.1, -0.05) is 20.8 Å². The predicted molar refractivity (Wildman–Crippen MR) is 78.1 cm³/mol. The molecule has 18 heavy (non-hydrogen) atoms. The highest BCUT2D eigenvalue weighted by Gasteiger charge is 2.36. The van der Waals surface area contributed by atoms with Gasteiger partial charge in [-0.05, 0) is 30.3 Å². The third-order valence-corrected chi connectivity index (χ3v) is 9.16. The van der Waals surface area contributed by atoms with Crippen LogP contribution in [0.5, 0.6) is 0 Å². The summed E-state index contributed by atoms with van der Waals surface area (Å²) < 4.78 is 6.07. The highest BCUT2D eigenvalue weighted by molar-refractivity contribution is 7.13. The fourth-order valence-corrected chi connectivity index (χ4v) is 3.12. The lowest BCUT2D eigenvalue weighted by Crippen LogP contribution is -2.41. The van der Waals surface area contributed by atoms with Crippen molar-refractivity contribution in [2.75, 3.05) is 6.61 Å². The maximum Gasteiger partial charge on any atom is 0.345 e. The van der Waals surface area contributed by atoms with Crippen molar-refractivity contribution >= 4 is 25.6 Å². The Morgan fingerprint density at radius 1 is 1.39 bits per heavy atom. The number of rotatable bonds is 5. The molecule has 1 heterocycles. The van der Waals surface area contributed by atoms with Crippen LogP contribution in [-0.4, -0.2) is 26.0 Å². The number of hydrogen-bond donors (Lipinski definition) is 1. The average molecular weight is 286 g/mol. The number of thiophene rings is 1. The average Bonchev–Trinajstić information content (AvgIpc) is 2.64. The maximum atomic E-state index is 10.8. The third kappa shape index (κ3) is 3.93. The van der Waals surface area contributed by atoms with E-state index < -0.39 is 14.3 Å². The van der Waals surface area contributed by atoms with Crippen LogP contribution in [0.15, 0.2) is 12.1 Å². The fourth-order valence-electron chi connectivity index (χ4n) is 1.25. The summed E-state index contributed by atoms with van der Waals surface area (Å²) in [6.07, 6.45) is 0.796. The second-order valence-corrected chi connectivity index (χ2v) is 11.9. The van der Waals surface area contributed by atoms with Crippen LogP contribution in [0.2, 0.25) is 18.1 Å². The van der Waals surface area contributed by atoms with E-state index in [1.54, 1.807) is 6.07 Å². The van der Waals surface area contributed by atoms with Crippen molar-refractivity contribution in [3.05, 3.63) is 21.9 Å². The summed E-state index contributed by atoms with van der Waals surface area (Å²) in [5.41, 5.74) is 0. The maximum absolute atomic E-state index is 10.8. The first kappa shape index (κ1) is 15.4. The van der Waals surface area contributed by atoms with Crippen LogP contribution >= 0.6 is 11.3 Å². The lowest BCUT2D eigenvalue weighted by molar-refractivity contribution is 0.0702. The number of carboxylic acids is 1. The molecule has 5 heteroatoms. The van der Waals surface area contributed by atoms with Crippen molar-refractivity contribution in [1.82, 2.24) is 0 Å². The first-order valence-corrected chi connectivity index (χ1v) is 9.82. The van der Waals surface area contributed by atoms with Gasteiger partial charge in [-0.2, -0.15) is 0 Å². The van der Waals surface area contributed by atoms with Crippen LogP contribution < -0.4 is 0 Å². The third-order valence-electron chi connectivity index (χ3n) is 3.49. The molecule has 0 spiro atoms. The van der Waals surface area contributed by atoms with Crippen LogP contribution in [0.4, 0.5) is 0 Å². The van der Waals surface area contributed by atoms with E-state index in [-0.39, 0.29) is 5.04 Å². The molecule has 0 aliphatic rings. The molecule has 0 bridgehead atoms. The number of carboxylic acid groups (broad SMARTS) is 1. The summed E-state index contributed by atoms with van der Waals surface area (Å²) in [6.45, 7) is 11.8. The van der Waals surface area contributed by atoms with E-state index in [0.29, 0.717) is 11.5 Å². The summed E-state index contributed by atoms with van der Waals surface area (Å²) in [5, 5.41) is 9.06. The zero-order valence-corrected chi connectivity index (χ0v) is 13.6. The Balaban J connectivity index is 2.49. The Hall–Kier alpha value is -0.653. The predicted octanol–water partition coefficient (Wildman–Crippen LogP) is 4.01. The zero-order valence-electron chi connectivity index (χ0n) is 11.7. The van der Waals surface area contributed by atoms with Crippen molar-refractivity contribution in [2.45, 2.75) is 45.3 Å². The van der Waals surface area contributed by atoms with Crippen LogP contribution in [0.25, 0.3) is 0 Å². The van der Waals surface area contributed by atoms with Gasteiger partial charge in [-0.25, -0.2) is 4.79 Å². The lowest BCUT2D eigenvalue weighted by Gasteiger charge is -2.36. The topological polar surface area (TPSA) is 46.5 Å². The largest absolute Gasteiger partial charge is 0.477 e. The molecule has 1 aromatic heterocycles. The summed E-state index contributed by atoms with van der Waals surface area (Å²) in [7, 11) is -1.69. The molecule has 0 amide bonds. The molecule has 0 saturated heterocycles. The fraction of sp³-hybridized carbons (Fsp3) is 0.615. The molecule has 0 aromatic carbocycles. The molecule has 0 radical (unpaired) electrons. The molecule has 0 atom stereocenters. The van der Waals surface area contributed by atoms with Gasteiger partial charge in [0, 0.05) is 17.9 Å². The van der Waals surface area contributed by atoms with Crippen molar-refractivity contribution in [3.8, 4) is 0 Å². The van der Waals surface area contributed by atoms with Gasteiger partial charge in [-0.15, -0.1) is 11.3 Å². The van der Waals surface area contributed by atoms with Crippen LogP contribution in [0.1, 0.15) is 35.3 Å². The van der Waals surface area contributed by atoms with Gasteiger partial charge in [0.1, 0.15) is 4.88 Å². The standard InChI is InChI=1S/C13H22O3SSi/c1-13(2,3)18(4,5)16-9-8-10-6-7-11(17-10)12(14)15/h6-7H,8-9H2,1-5H3,(H,14,15). The smallest absolute Gasteiger partial charge is 0.345 e. The van der Waals surface area contributed by atoms with E-state index in [4.69, 9.17) is 9.53 Å². The van der Waals surface area contributed by atoms with Crippen molar-refractivity contribution < 1.29 is 14.3 Å². The van der Waals surface area contributed by atoms with E-state index in [1.807, 2.05) is 6.07 Å². The van der Waals surface area contributed by atoms with Gasteiger partial charge in [0.05, 0.1) is 0 Å². The van der Waals surface area contributed by atoms with Crippen molar-refractivity contribution in [3.63, 3.8) is 0 Å². The van der Waals surface area contributed by atoms with Gasteiger partial charge in [-0.3, -0.25) is 0 Å². The SMILES string of the molecule is CC(C)(C)[Si](C)(C)OCCc1ccc(C(=O)O)s1. The second kappa shape index (κ2) is 5.55. The summed E-state index contributed by atoms with van der Waals surface area (Å²) in [4.78, 5) is 12.2. The molecular weight excluding hydrogens is 264 g/mol. The quantitative estimate of drug-likeness (QED) is 0.832. The minimum absolute atomic E-state index is 0.217. The first-order chi connectivity index (χ1) is 8.13. The number of hydrogen-bond acceptors (Lipinski definition) is 3. The van der Waals surface area contributed by atoms with Gasteiger partial charge in [0.2, 0.25) is 0 Å². The number of carbonyl (C=O) groups is 1. The van der Waals surface area contributed by atoms with Crippen molar-refractivity contribution in [2.24, 2.45) is 0 Å².